The van der Waals surface area contributed by atoms with Crippen molar-refractivity contribution in [1.29, 1.82) is 0 Å². The number of pyridine rings is 1. The summed E-state index contributed by atoms with van der Waals surface area (Å²) in [6, 6.07) is 5.53. The van der Waals surface area contributed by atoms with Crippen LogP contribution in [0.5, 0.6) is 5.75 Å². The van der Waals surface area contributed by atoms with E-state index in [0.29, 0.717) is 40.4 Å². The predicted molar refractivity (Wildman–Crippen MR) is 161 cm³/mol. The summed E-state index contributed by atoms with van der Waals surface area (Å²) in [6.07, 6.45) is 4.84. The van der Waals surface area contributed by atoms with E-state index in [9.17, 15) is 14.3 Å². The maximum atomic E-state index is 15.9. The van der Waals surface area contributed by atoms with Crippen LogP contribution in [0.4, 0.5) is 8.78 Å². The molecule has 1 aromatic carbocycles. The lowest BCUT2D eigenvalue weighted by molar-refractivity contribution is -0.127. The third kappa shape index (κ3) is 5.32. The SMILES string of the molecule is C=CC(=O)N1Cc2cc(-c3nc(-c4cnn(C)c4)c4ccsc4c3-c3c(F)cc(F)cc3OCC(C)(C)O)nn2C(C)C1. The number of aryl methyl sites for hydroxylation is 1. The highest BCUT2D eigenvalue weighted by Crippen LogP contribution is 2.47. The summed E-state index contributed by atoms with van der Waals surface area (Å²) in [4.78, 5) is 19.2. The maximum Gasteiger partial charge on any atom is 0.246 e. The van der Waals surface area contributed by atoms with Gasteiger partial charge in [-0.15, -0.1) is 11.3 Å². The highest BCUT2D eigenvalue weighted by Gasteiger charge is 2.31. The minimum Gasteiger partial charge on any atom is -0.490 e. The molecule has 1 aliphatic rings. The highest BCUT2D eigenvalue weighted by atomic mass is 32.1. The van der Waals surface area contributed by atoms with E-state index in [1.165, 1.54) is 17.4 Å². The Morgan fingerprint density at radius 3 is 2.74 bits per heavy atom. The number of carbonyl (C=O) groups is 1. The second-order valence-electron chi connectivity index (χ2n) is 11.3. The van der Waals surface area contributed by atoms with Crippen molar-refractivity contribution in [3.8, 4) is 39.5 Å². The number of aromatic nitrogens is 5. The van der Waals surface area contributed by atoms with Gasteiger partial charge in [-0.1, -0.05) is 6.58 Å². The Kier molecular flexibility index (Phi) is 7.13. The highest BCUT2D eigenvalue weighted by molar-refractivity contribution is 7.18. The van der Waals surface area contributed by atoms with Gasteiger partial charge in [0, 0.05) is 53.1 Å². The molecule has 5 heterocycles. The van der Waals surface area contributed by atoms with Crippen LogP contribution >= 0.6 is 11.3 Å². The molecule has 0 fully saturated rings. The van der Waals surface area contributed by atoms with E-state index in [0.717, 1.165) is 28.8 Å². The summed E-state index contributed by atoms with van der Waals surface area (Å²) in [5.74, 6) is -1.89. The van der Waals surface area contributed by atoms with Gasteiger partial charge in [0.05, 0.1) is 41.3 Å². The van der Waals surface area contributed by atoms with E-state index < -0.39 is 17.2 Å². The summed E-state index contributed by atoms with van der Waals surface area (Å²) >= 11 is 1.39. The second kappa shape index (κ2) is 10.7. The van der Waals surface area contributed by atoms with E-state index >= 15 is 4.39 Å². The van der Waals surface area contributed by atoms with Crippen LogP contribution in [0.25, 0.3) is 43.9 Å². The van der Waals surface area contributed by atoms with Crippen molar-refractivity contribution >= 4 is 27.3 Å². The molecule has 1 aliphatic heterocycles. The Morgan fingerprint density at radius 2 is 2.05 bits per heavy atom. The van der Waals surface area contributed by atoms with Crippen LogP contribution in [-0.4, -0.2) is 59.2 Å². The molecular weight excluding hydrogens is 574 g/mol. The number of hydrogen-bond donors (Lipinski definition) is 1. The molecule has 0 saturated heterocycles. The number of carbonyl (C=O) groups excluding carboxylic acids is 1. The Balaban J connectivity index is 1.63. The maximum absolute atomic E-state index is 15.9. The van der Waals surface area contributed by atoms with Gasteiger partial charge in [-0.3, -0.25) is 14.2 Å². The normalized spacial score (nSPS) is 15.1. The van der Waals surface area contributed by atoms with Gasteiger partial charge in [-0.05, 0) is 44.4 Å². The first-order valence-electron chi connectivity index (χ1n) is 13.7. The summed E-state index contributed by atoms with van der Waals surface area (Å²) in [5.41, 5.74) is 2.15. The Labute approximate surface area is 250 Å². The molecule has 1 amide bonds. The molecule has 12 heteroatoms. The quantitative estimate of drug-likeness (QED) is 0.238. The average Bonchev–Trinajstić information content (AvgIpc) is 3.70. The molecule has 0 radical (unpaired) electrons. The van der Waals surface area contributed by atoms with E-state index in [-0.39, 0.29) is 29.9 Å². The van der Waals surface area contributed by atoms with Crippen LogP contribution < -0.4 is 4.74 Å². The zero-order valence-corrected chi connectivity index (χ0v) is 25.0. The van der Waals surface area contributed by atoms with E-state index in [1.54, 1.807) is 29.6 Å². The minimum atomic E-state index is -1.25. The van der Waals surface area contributed by atoms with Gasteiger partial charge >= 0.3 is 0 Å². The number of rotatable bonds is 7. The van der Waals surface area contributed by atoms with E-state index in [4.69, 9.17) is 14.8 Å². The third-order valence-corrected chi connectivity index (χ3v) is 8.16. The van der Waals surface area contributed by atoms with E-state index in [1.807, 2.05) is 42.4 Å². The van der Waals surface area contributed by atoms with Crippen molar-refractivity contribution in [2.75, 3.05) is 13.2 Å². The number of ether oxygens (including phenoxy) is 1. The predicted octanol–water partition coefficient (Wildman–Crippen LogP) is 5.74. The topological polar surface area (TPSA) is 98.3 Å². The largest absolute Gasteiger partial charge is 0.490 e. The first-order chi connectivity index (χ1) is 20.4. The molecule has 1 N–H and O–H groups in total. The van der Waals surface area contributed by atoms with Gasteiger partial charge in [0.25, 0.3) is 0 Å². The fraction of sp³-hybridized carbons (Fsp3) is 0.290. The van der Waals surface area contributed by atoms with Crippen molar-refractivity contribution in [3.63, 3.8) is 0 Å². The Hall–Kier alpha value is -4.42. The van der Waals surface area contributed by atoms with Crippen molar-refractivity contribution in [3.05, 3.63) is 72.0 Å². The smallest absolute Gasteiger partial charge is 0.246 e. The lowest BCUT2D eigenvalue weighted by atomic mass is 9.97. The molecule has 0 aliphatic carbocycles. The zero-order valence-electron chi connectivity index (χ0n) is 24.1. The van der Waals surface area contributed by atoms with E-state index in [2.05, 4.69) is 11.7 Å². The molecule has 0 spiro atoms. The molecular formula is C31H30F2N6O3S. The van der Waals surface area contributed by atoms with Gasteiger partial charge in [0.2, 0.25) is 5.91 Å². The number of halogens is 2. The Bertz CT molecular complexity index is 1890. The van der Waals surface area contributed by atoms with Gasteiger partial charge < -0.3 is 14.7 Å². The molecule has 1 atom stereocenters. The summed E-state index contributed by atoms with van der Waals surface area (Å²) in [5, 5.41) is 22.2. The molecule has 1 unspecified atom stereocenters. The minimum absolute atomic E-state index is 0.0146. The number of thiophene rings is 1. The molecule has 4 aromatic heterocycles. The first kappa shape index (κ1) is 28.7. The molecule has 0 bridgehead atoms. The standard InChI is InChI=1S/C31H30F2N6O3S/c1-6-25(40)38-13-17(2)39-20(15-38)11-23(36-39)29-27(26-22(33)9-19(32)10-24(26)42-16-31(3,4)41)30-21(7-8-43-30)28(35-29)18-12-34-37(5)14-18/h6-12,14,17,41H,1,13,15-16H2,2-5H3. The second-order valence-corrected chi connectivity index (χ2v) is 12.3. The first-order valence-corrected chi connectivity index (χ1v) is 14.6. The fourth-order valence-corrected chi connectivity index (χ4v) is 6.32. The van der Waals surface area contributed by atoms with Gasteiger partial charge in [-0.2, -0.15) is 10.2 Å². The molecule has 9 nitrogen and oxygen atoms in total. The monoisotopic (exact) mass is 604 g/mol. The summed E-state index contributed by atoms with van der Waals surface area (Å²) in [6.45, 7) is 9.24. The molecule has 0 saturated carbocycles. The summed E-state index contributed by atoms with van der Waals surface area (Å²) < 4.78 is 40.6. The van der Waals surface area contributed by atoms with Crippen LogP contribution in [0.3, 0.4) is 0 Å². The van der Waals surface area contributed by atoms with Crippen molar-refractivity contribution < 1.29 is 23.4 Å². The van der Waals surface area contributed by atoms with Crippen molar-refractivity contribution in [2.45, 2.75) is 39.0 Å². The average molecular weight is 605 g/mol. The van der Waals surface area contributed by atoms with Crippen molar-refractivity contribution in [2.24, 2.45) is 7.05 Å². The van der Waals surface area contributed by atoms with Gasteiger partial charge in [0.1, 0.15) is 35.4 Å². The fourth-order valence-electron chi connectivity index (χ4n) is 5.37. The summed E-state index contributed by atoms with van der Waals surface area (Å²) in [7, 11) is 1.81. The number of nitrogens with zero attached hydrogens (tertiary/aromatic N) is 6. The van der Waals surface area contributed by atoms with Crippen LogP contribution in [0, 0.1) is 11.6 Å². The van der Waals surface area contributed by atoms with Crippen LogP contribution in [0.15, 0.2) is 54.7 Å². The number of aliphatic hydroxyl groups is 1. The molecule has 43 heavy (non-hydrogen) atoms. The molecule has 6 rings (SSSR count). The lowest BCUT2D eigenvalue weighted by Gasteiger charge is -2.31. The van der Waals surface area contributed by atoms with Crippen LogP contribution in [0.1, 0.15) is 32.5 Å². The number of amides is 1. The van der Waals surface area contributed by atoms with Crippen LogP contribution in [-0.2, 0) is 18.4 Å². The molecule has 5 aromatic rings. The van der Waals surface area contributed by atoms with Crippen LogP contribution in [0.2, 0.25) is 0 Å². The zero-order chi connectivity index (χ0) is 30.6. The van der Waals surface area contributed by atoms with Gasteiger partial charge in [-0.25, -0.2) is 13.8 Å². The third-order valence-electron chi connectivity index (χ3n) is 7.23. The number of benzene rings is 1. The van der Waals surface area contributed by atoms with Gasteiger partial charge in [0.15, 0.2) is 0 Å². The Morgan fingerprint density at radius 1 is 1.26 bits per heavy atom. The lowest BCUT2D eigenvalue weighted by Crippen LogP contribution is -2.39. The number of fused-ring (bicyclic) bond motifs is 2. The van der Waals surface area contributed by atoms with Crippen molar-refractivity contribution in [1.82, 2.24) is 29.4 Å². The number of hydrogen-bond acceptors (Lipinski definition) is 7. The molecule has 222 valence electrons.